The van der Waals surface area contributed by atoms with Crippen LogP contribution in [0.4, 0.5) is 0 Å². The summed E-state index contributed by atoms with van der Waals surface area (Å²) < 4.78 is 11.4. The largest absolute Gasteiger partial charge is 0.492 e. The maximum Gasteiger partial charge on any atom is 0.224 e. The van der Waals surface area contributed by atoms with Crippen molar-refractivity contribution in [3.63, 3.8) is 0 Å². The number of amides is 1. The molecule has 1 aromatic rings. The molecule has 2 aliphatic heterocycles. The Morgan fingerprint density at radius 2 is 2.07 bits per heavy atom. The molecule has 0 spiro atoms. The highest BCUT2D eigenvalue weighted by Gasteiger charge is 2.32. The Bertz CT molecular complexity index is 646. The van der Waals surface area contributed by atoms with Crippen molar-refractivity contribution in [2.24, 2.45) is 17.8 Å². The second-order valence-corrected chi connectivity index (χ2v) is 9.10. The smallest absolute Gasteiger partial charge is 0.224 e. The molecular weight excluding hydrogens is 380 g/mol. The fourth-order valence-corrected chi connectivity index (χ4v) is 4.34. The fourth-order valence-electron chi connectivity index (χ4n) is 4.34. The minimum Gasteiger partial charge on any atom is -0.492 e. The summed E-state index contributed by atoms with van der Waals surface area (Å²) in [5, 5.41) is 3.18. The van der Waals surface area contributed by atoms with Crippen molar-refractivity contribution in [1.29, 1.82) is 0 Å². The molecule has 0 saturated carbocycles. The van der Waals surface area contributed by atoms with E-state index in [1.807, 2.05) is 19.1 Å². The summed E-state index contributed by atoms with van der Waals surface area (Å²) >= 11 is 0. The van der Waals surface area contributed by atoms with Gasteiger partial charge in [0.25, 0.3) is 0 Å². The molecule has 1 aromatic heterocycles. The Labute approximate surface area is 181 Å². The maximum atomic E-state index is 12.9. The molecule has 30 heavy (non-hydrogen) atoms. The number of pyridine rings is 1. The van der Waals surface area contributed by atoms with Crippen molar-refractivity contribution in [3.05, 3.63) is 24.0 Å². The van der Waals surface area contributed by atoms with Gasteiger partial charge in [-0.25, -0.2) is 0 Å². The second-order valence-electron chi connectivity index (χ2n) is 9.10. The molecule has 168 valence electrons. The topological polar surface area (TPSA) is 66.9 Å². The predicted molar refractivity (Wildman–Crippen MR) is 118 cm³/mol. The highest BCUT2D eigenvalue weighted by Crippen LogP contribution is 2.24. The van der Waals surface area contributed by atoms with Gasteiger partial charge in [-0.3, -0.25) is 14.7 Å². The number of carbonyl (C=O) groups is 1. The summed E-state index contributed by atoms with van der Waals surface area (Å²) in [4.78, 5) is 22.0. The Morgan fingerprint density at radius 3 is 2.77 bits per heavy atom. The first-order valence-electron chi connectivity index (χ1n) is 11.3. The van der Waals surface area contributed by atoms with E-state index < -0.39 is 0 Å². The minimum atomic E-state index is 0.0203. The number of carbonyl (C=O) groups excluding carboxylic acids is 1. The Morgan fingerprint density at radius 1 is 1.27 bits per heavy atom. The van der Waals surface area contributed by atoms with Gasteiger partial charge >= 0.3 is 0 Å². The summed E-state index contributed by atoms with van der Waals surface area (Å²) in [5.41, 5.74) is 0.983. The first-order chi connectivity index (χ1) is 14.5. The third kappa shape index (κ3) is 7.52. The lowest BCUT2D eigenvalue weighted by Gasteiger charge is -2.38. The lowest BCUT2D eigenvalue weighted by molar-refractivity contribution is -0.127. The van der Waals surface area contributed by atoms with Gasteiger partial charge in [-0.1, -0.05) is 13.8 Å². The fraction of sp³-hybridized carbons (Fsp3) is 0.739. The van der Waals surface area contributed by atoms with E-state index >= 15 is 0 Å². The molecule has 0 unspecified atom stereocenters. The van der Waals surface area contributed by atoms with Crippen molar-refractivity contribution in [2.75, 3.05) is 65.6 Å². The number of ether oxygens (including phenoxy) is 2. The third-order valence-electron chi connectivity index (χ3n) is 5.81. The van der Waals surface area contributed by atoms with E-state index in [1.165, 1.54) is 0 Å². The molecule has 2 atom stereocenters. The molecular formula is C23H38N4O3. The van der Waals surface area contributed by atoms with E-state index in [1.54, 1.807) is 6.20 Å². The van der Waals surface area contributed by atoms with Crippen LogP contribution in [0, 0.1) is 24.7 Å². The van der Waals surface area contributed by atoms with Gasteiger partial charge in [0.15, 0.2) is 0 Å². The zero-order valence-electron chi connectivity index (χ0n) is 18.8. The molecule has 2 saturated heterocycles. The number of rotatable bonds is 9. The van der Waals surface area contributed by atoms with Crippen LogP contribution in [0.2, 0.25) is 0 Å². The van der Waals surface area contributed by atoms with Gasteiger partial charge in [-0.15, -0.1) is 0 Å². The average Bonchev–Trinajstić information content (AvgIpc) is 2.73. The van der Waals surface area contributed by atoms with Crippen LogP contribution >= 0.6 is 0 Å². The molecule has 3 heterocycles. The Balaban J connectivity index is 1.49. The van der Waals surface area contributed by atoms with E-state index in [4.69, 9.17) is 9.47 Å². The maximum absolute atomic E-state index is 12.9. The normalized spacial score (nSPS) is 23.5. The van der Waals surface area contributed by atoms with Crippen LogP contribution < -0.4 is 10.1 Å². The molecule has 7 heteroatoms. The third-order valence-corrected chi connectivity index (χ3v) is 5.81. The SMILES string of the molecule is Cc1ccc(OC[C@H]2C[C@@H](C(=O)NCCN3CCOCC3)CN(CC(C)C)C2)cn1. The first-order valence-corrected chi connectivity index (χ1v) is 11.3. The number of hydrogen-bond acceptors (Lipinski definition) is 6. The lowest BCUT2D eigenvalue weighted by atomic mass is 9.88. The van der Waals surface area contributed by atoms with Crippen molar-refractivity contribution >= 4 is 5.91 Å². The molecule has 3 rings (SSSR count). The van der Waals surface area contributed by atoms with E-state index in [2.05, 4.69) is 33.9 Å². The molecule has 7 nitrogen and oxygen atoms in total. The highest BCUT2D eigenvalue weighted by atomic mass is 16.5. The molecule has 1 amide bonds. The lowest BCUT2D eigenvalue weighted by Crippen LogP contribution is -2.49. The van der Waals surface area contributed by atoms with Gasteiger partial charge in [-0.05, 0) is 31.4 Å². The van der Waals surface area contributed by atoms with Gasteiger partial charge in [-0.2, -0.15) is 0 Å². The van der Waals surface area contributed by atoms with Crippen LogP contribution in [0.1, 0.15) is 26.0 Å². The van der Waals surface area contributed by atoms with E-state index in [9.17, 15) is 4.79 Å². The van der Waals surface area contributed by atoms with Crippen LogP contribution in [0.3, 0.4) is 0 Å². The van der Waals surface area contributed by atoms with E-state index in [-0.39, 0.29) is 11.8 Å². The Hall–Kier alpha value is -1.70. The molecule has 0 radical (unpaired) electrons. The number of morpholine rings is 1. The number of nitrogens with zero attached hydrogens (tertiary/aromatic N) is 3. The van der Waals surface area contributed by atoms with Crippen molar-refractivity contribution in [3.8, 4) is 5.75 Å². The van der Waals surface area contributed by atoms with Crippen molar-refractivity contribution in [2.45, 2.75) is 27.2 Å². The number of aryl methyl sites for hydroxylation is 1. The summed E-state index contributed by atoms with van der Waals surface area (Å²) in [6.45, 7) is 15.0. The first kappa shape index (κ1) is 23.0. The molecule has 2 fully saturated rings. The van der Waals surface area contributed by atoms with Gasteiger partial charge in [0.1, 0.15) is 5.75 Å². The molecule has 0 aromatic carbocycles. The standard InChI is InChI=1S/C23H38N4O3/c1-18(2)14-27-15-20(17-30-22-5-4-19(3)25-13-22)12-21(16-27)23(28)24-6-7-26-8-10-29-11-9-26/h4-5,13,18,20-21H,6-12,14-17H2,1-3H3,(H,24,28)/t20-,21+/m0/s1. The number of piperidine rings is 1. The second kappa shape index (κ2) is 11.6. The molecule has 2 aliphatic rings. The van der Waals surface area contributed by atoms with Gasteiger partial charge in [0.2, 0.25) is 5.91 Å². The zero-order valence-corrected chi connectivity index (χ0v) is 18.8. The van der Waals surface area contributed by atoms with Crippen LogP contribution in [0.25, 0.3) is 0 Å². The minimum absolute atomic E-state index is 0.0203. The van der Waals surface area contributed by atoms with Gasteiger partial charge in [0, 0.05) is 57.4 Å². The van der Waals surface area contributed by atoms with Gasteiger partial charge < -0.3 is 19.7 Å². The summed E-state index contributed by atoms with van der Waals surface area (Å²) in [5.74, 6) is 1.92. The Kier molecular flexibility index (Phi) is 8.90. The van der Waals surface area contributed by atoms with Crippen LogP contribution in [0.5, 0.6) is 5.75 Å². The average molecular weight is 419 g/mol. The molecule has 0 bridgehead atoms. The number of aromatic nitrogens is 1. The van der Waals surface area contributed by atoms with Crippen molar-refractivity contribution < 1.29 is 14.3 Å². The highest BCUT2D eigenvalue weighted by molar-refractivity contribution is 5.79. The zero-order chi connectivity index (χ0) is 21.3. The number of likely N-dealkylation sites (tertiary alicyclic amines) is 1. The van der Waals surface area contributed by atoms with Crippen LogP contribution in [-0.2, 0) is 9.53 Å². The molecule has 0 aliphatic carbocycles. The van der Waals surface area contributed by atoms with E-state index in [0.717, 1.165) is 70.3 Å². The summed E-state index contributed by atoms with van der Waals surface area (Å²) in [6.07, 6.45) is 2.65. The van der Waals surface area contributed by atoms with Crippen molar-refractivity contribution in [1.82, 2.24) is 20.1 Å². The summed E-state index contributed by atoms with van der Waals surface area (Å²) in [6, 6.07) is 3.93. The number of hydrogen-bond donors (Lipinski definition) is 1. The quantitative estimate of drug-likeness (QED) is 0.660. The summed E-state index contributed by atoms with van der Waals surface area (Å²) in [7, 11) is 0. The number of nitrogens with one attached hydrogen (secondary N) is 1. The van der Waals surface area contributed by atoms with Crippen LogP contribution in [-0.4, -0.2) is 86.3 Å². The molecule has 1 N–H and O–H groups in total. The van der Waals surface area contributed by atoms with E-state index in [0.29, 0.717) is 25.0 Å². The predicted octanol–water partition coefficient (Wildman–Crippen LogP) is 1.81. The van der Waals surface area contributed by atoms with Gasteiger partial charge in [0.05, 0.1) is 31.9 Å². The monoisotopic (exact) mass is 418 g/mol. The van der Waals surface area contributed by atoms with Crippen LogP contribution in [0.15, 0.2) is 18.3 Å².